The van der Waals surface area contributed by atoms with Gasteiger partial charge in [-0.15, -0.1) is 0 Å². The van der Waals surface area contributed by atoms with Gasteiger partial charge in [-0.05, 0) is 18.9 Å². The number of hydrogen-bond donors (Lipinski definition) is 0. The summed E-state index contributed by atoms with van der Waals surface area (Å²) in [7, 11) is 2.11. The predicted octanol–water partition coefficient (Wildman–Crippen LogP) is 2.01. The molecule has 1 rings (SSSR count). The molecule has 1 saturated heterocycles. The fourth-order valence-corrected chi connectivity index (χ4v) is 2.26. The van der Waals surface area contributed by atoms with Crippen LogP contribution in [-0.4, -0.2) is 55.7 Å². The molecule has 0 aromatic heterocycles. The maximum Gasteiger partial charge on any atom is 0.0909 e. The summed E-state index contributed by atoms with van der Waals surface area (Å²) in [5.41, 5.74) is 0.343. The first kappa shape index (κ1) is 12.9. The summed E-state index contributed by atoms with van der Waals surface area (Å²) in [5.74, 6) is 0. The van der Waals surface area contributed by atoms with Gasteiger partial charge in [0.2, 0.25) is 0 Å². The molecule has 0 aromatic rings. The molecule has 0 N–H and O–H groups in total. The average Bonchev–Trinajstić information content (AvgIpc) is 2.09. The van der Waals surface area contributed by atoms with Crippen molar-refractivity contribution in [2.45, 2.75) is 33.2 Å². The van der Waals surface area contributed by atoms with Gasteiger partial charge in [-0.3, -0.25) is 9.29 Å². The van der Waals surface area contributed by atoms with Crippen LogP contribution in [0, 0.1) is 5.41 Å². The van der Waals surface area contributed by atoms with E-state index in [0.717, 1.165) is 26.2 Å². The Morgan fingerprint density at radius 3 is 2.47 bits per heavy atom. The third-order valence-electron chi connectivity index (χ3n) is 3.00. The van der Waals surface area contributed by atoms with Crippen LogP contribution in [0.4, 0.5) is 4.39 Å². The summed E-state index contributed by atoms with van der Waals surface area (Å²) in [4.78, 5) is 4.76. The van der Waals surface area contributed by atoms with Gasteiger partial charge in [0, 0.05) is 32.2 Å². The normalized spacial score (nSPS) is 25.8. The van der Waals surface area contributed by atoms with E-state index in [4.69, 9.17) is 0 Å². The molecule has 0 radical (unpaired) electrons. The lowest BCUT2D eigenvalue weighted by Crippen LogP contribution is -2.53. The van der Waals surface area contributed by atoms with Gasteiger partial charge in [-0.1, -0.05) is 20.8 Å². The van der Waals surface area contributed by atoms with Gasteiger partial charge >= 0.3 is 0 Å². The Morgan fingerprint density at radius 2 is 1.93 bits per heavy atom. The Balaban J connectivity index is 2.43. The SMILES string of the molecule is CN1CCN(CC(C)(C)C)CC1CCF. The second-order valence-corrected chi connectivity index (χ2v) is 5.91. The van der Waals surface area contributed by atoms with Crippen LogP contribution in [0.3, 0.4) is 0 Å². The molecule has 2 nitrogen and oxygen atoms in total. The second kappa shape index (κ2) is 5.26. The van der Waals surface area contributed by atoms with E-state index in [-0.39, 0.29) is 6.67 Å². The molecule has 0 spiro atoms. The molecule has 1 fully saturated rings. The molecule has 90 valence electrons. The Hall–Kier alpha value is -0.150. The maximum absolute atomic E-state index is 12.4. The van der Waals surface area contributed by atoms with E-state index in [1.165, 1.54) is 0 Å². The topological polar surface area (TPSA) is 6.48 Å². The average molecular weight is 216 g/mol. The highest BCUT2D eigenvalue weighted by Gasteiger charge is 2.26. The number of rotatable bonds is 3. The van der Waals surface area contributed by atoms with Gasteiger partial charge in [-0.2, -0.15) is 0 Å². The van der Waals surface area contributed by atoms with Gasteiger partial charge in [-0.25, -0.2) is 0 Å². The molecular weight excluding hydrogens is 191 g/mol. The van der Waals surface area contributed by atoms with Crippen molar-refractivity contribution in [2.24, 2.45) is 5.41 Å². The zero-order valence-corrected chi connectivity index (χ0v) is 10.6. The summed E-state index contributed by atoms with van der Waals surface area (Å²) in [6.07, 6.45) is 0.678. The van der Waals surface area contributed by atoms with E-state index >= 15 is 0 Å². The molecular formula is C12H25FN2. The van der Waals surface area contributed by atoms with Crippen molar-refractivity contribution in [1.82, 2.24) is 9.80 Å². The third-order valence-corrected chi connectivity index (χ3v) is 3.00. The highest BCUT2D eigenvalue weighted by atomic mass is 19.1. The molecule has 0 saturated carbocycles. The lowest BCUT2D eigenvalue weighted by Gasteiger charge is -2.41. The van der Waals surface area contributed by atoms with Crippen LogP contribution >= 0.6 is 0 Å². The first-order valence-corrected chi connectivity index (χ1v) is 5.91. The van der Waals surface area contributed by atoms with Gasteiger partial charge < -0.3 is 4.90 Å². The first-order chi connectivity index (χ1) is 6.92. The summed E-state index contributed by atoms with van der Waals surface area (Å²) in [5, 5.41) is 0. The van der Waals surface area contributed by atoms with Gasteiger partial charge in [0.25, 0.3) is 0 Å². The lowest BCUT2D eigenvalue weighted by molar-refractivity contribution is 0.0646. The summed E-state index contributed by atoms with van der Waals surface area (Å²) >= 11 is 0. The molecule has 0 bridgehead atoms. The Kier molecular flexibility index (Phi) is 4.53. The van der Waals surface area contributed by atoms with Crippen molar-refractivity contribution < 1.29 is 4.39 Å². The monoisotopic (exact) mass is 216 g/mol. The fourth-order valence-electron chi connectivity index (χ4n) is 2.26. The number of alkyl halides is 1. The van der Waals surface area contributed by atoms with Crippen molar-refractivity contribution in [1.29, 1.82) is 0 Å². The molecule has 15 heavy (non-hydrogen) atoms. The van der Waals surface area contributed by atoms with Gasteiger partial charge in [0.1, 0.15) is 0 Å². The Bertz CT molecular complexity index is 189. The van der Waals surface area contributed by atoms with Crippen LogP contribution in [0.25, 0.3) is 0 Å². The predicted molar refractivity (Wildman–Crippen MR) is 62.9 cm³/mol. The number of likely N-dealkylation sites (N-methyl/N-ethyl adjacent to an activating group) is 1. The third kappa shape index (κ3) is 4.47. The highest BCUT2D eigenvalue weighted by Crippen LogP contribution is 2.19. The van der Waals surface area contributed by atoms with E-state index in [1.807, 2.05) is 0 Å². The standard InChI is InChI=1S/C12H25FN2/c1-12(2,3)10-15-8-7-14(4)11(9-15)5-6-13/h11H,5-10H2,1-4H3. The minimum Gasteiger partial charge on any atom is -0.301 e. The highest BCUT2D eigenvalue weighted by molar-refractivity contribution is 4.82. The Labute approximate surface area is 93.4 Å². The maximum atomic E-state index is 12.4. The zero-order valence-electron chi connectivity index (χ0n) is 10.6. The molecule has 0 amide bonds. The smallest absolute Gasteiger partial charge is 0.0909 e. The van der Waals surface area contributed by atoms with Crippen LogP contribution in [0.15, 0.2) is 0 Å². The second-order valence-electron chi connectivity index (χ2n) is 5.91. The quantitative estimate of drug-likeness (QED) is 0.712. The van der Waals surface area contributed by atoms with Crippen molar-refractivity contribution >= 4 is 0 Å². The number of piperazine rings is 1. The van der Waals surface area contributed by atoms with E-state index in [2.05, 4.69) is 37.6 Å². The van der Waals surface area contributed by atoms with Crippen LogP contribution in [0.1, 0.15) is 27.2 Å². The summed E-state index contributed by atoms with van der Waals surface area (Å²) in [6.45, 7) is 10.9. The van der Waals surface area contributed by atoms with Gasteiger partial charge in [0.05, 0.1) is 6.67 Å². The van der Waals surface area contributed by atoms with Crippen LogP contribution in [0.2, 0.25) is 0 Å². The minimum absolute atomic E-state index is 0.196. The summed E-state index contributed by atoms with van der Waals surface area (Å²) < 4.78 is 12.4. The van der Waals surface area contributed by atoms with E-state index in [9.17, 15) is 4.39 Å². The summed E-state index contributed by atoms with van der Waals surface area (Å²) in [6, 6.07) is 0.408. The molecule has 3 heteroatoms. The van der Waals surface area contributed by atoms with E-state index in [1.54, 1.807) is 0 Å². The molecule has 1 atom stereocenters. The molecule has 0 aliphatic carbocycles. The molecule has 0 aromatic carbocycles. The zero-order chi connectivity index (χ0) is 11.5. The molecule has 1 heterocycles. The van der Waals surface area contributed by atoms with Crippen molar-refractivity contribution in [3.8, 4) is 0 Å². The number of hydrogen-bond acceptors (Lipinski definition) is 2. The molecule has 1 aliphatic heterocycles. The van der Waals surface area contributed by atoms with Crippen molar-refractivity contribution in [2.75, 3.05) is 39.9 Å². The Morgan fingerprint density at radius 1 is 1.27 bits per heavy atom. The van der Waals surface area contributed by atoms with Crippen LogP contribution in [-0.2, 0) is 0 Å². The number of halogens is 1. The van der Waals surface area contributed by atoms with Crippen molar-refractivity contribution in [3.05, 3.63) is 0 Å². The van der Waals surface area contributed by atoms with Gasteiger partial charge in [0.15, 0.2) is 0 Å². The number of nitrogens with zero attached hydrogens (tertiary/aromatic N) is 2. The molecule has 1 unspecified atom stereocenters. The minimum atomic E-state index is -0.196. The molecule has 1 aliphatic rings. The van der Waals surface area contributed by atoms with Crippen LogP contribution < -0.4 is 0 Å². The fraction of sp³-hybridized carbons (Fsp3) is 1.00. The van der Waals surface area contributed by atoms with E-state index < -0.39 is 0 Å². The van der Waals surface area contributed by atoms with Crippen molar-refractivity contribution in [3.63, 3.8) is 0 Å². The lowest BCUT2D eigenvalue weighted by atomic mass is 9.95. The van der Waals surface area contributed by atoms with E-state index in [0.29, 0.717) is 17.9 Å². The largest absolute Gasteiger partial charge is 0.301 e. The first-order valence-electron chi connectivity index (χ1n) is 5.91. The van der Waals surface area contributed by atoms with Crippen LogP contribution in [0.5, 0.6) is 0 Å².